The minimum absolute atomic E-state index is 0.179. The lowest BCUT2D eigenvalue weighted by Gasteiger charge is -2.37. The van der Waals surface area contributed by atoms with E-state index in [-0.39, 0.29) is 5.91 Å². The van der Waals surface area contributed by atoms with Gasteiger partial charge in [-0.1, -0.05) is 17.7 Å². The Morgan fingerprint density at radius 3 is 3.13 bits per heavy atom. The van der Waals surface area contributed by atoms with Crippen molar-refractivity contribution in [2.45, 2.75) is 26.2 Å². The van der Waals surface area contributed by atoms with Crippen molar-refractivity contribution in [3.05, 3.63) is 35.1 Å². The van der Waals surface area contributed by atoms with Gasteiger partial charge in [0.15, 0.2) is 0 Å². The molecule has 3 rings (SSSR count). The average molecular weight is 201 g/mol. The molecule has 1 saturated heterocycles. The average Bonchev–Trinajstić information content (AvgIpc) is 2.15. The van der Waals surface area contributed by atoms with Crippen LogP contribution in [-0.4, -0.2) is 5.91 Å². The minimum Gasteiger partial charge on any atom is -0.329 e. The Morgan fingerprint density at radius 2 is 2.27 bits per heavy atom. The van der Waals surface area contributed by atoms with E-state index in [1.54, 1.807) is 0 Å². The highest BCUT2D eigenvalue weighted by molar-refractivity contribution is 5.79. The summed E-state index contributed by atoms with van der Waals surface area (Å²) in [6.07, 6.45) is 9.61. The lowest BCUT2D eigenvalue weighted by molar-refractivity contribution is -0.122. The molecule has 1 heterocycles. The third-order valence-electron chi connectivity index (χ3n) is 3.58. The quantitative estimate of drug-likeness (QED) is 0.640. The third-order valence-corrected chi connectivity index (χ3v) is 3.58. The summed E-state index contributed by atoms with van der Waals surface area (Å²) in [5.41, 5.74) is 3.89. The predicted molar refractivity (Wildman–Crippen MR) is 58.9 cm³/mol. The number of hydrogen-bond acceptors (Lipinski definition) is 1. The van der Waals surface area contributed by atoms with Gasteiger partial charge in [0.1, 0.15) is 0 Å². The van der Waals surface area contributed by atoms with Gasteiger partial charge in [0, 0.05) is 18.0 Å². The lowest BCUT2D eigenvalue weighted by Crippen LogP contribution is -2.38. The second-order valence-corrected chi connectivity index (χ2v) is 4.79. The summed E-state index contributed by atoms with van der Waals surface area (Å²) in [7, 11) is 0. The maximum absolute atomic E-state index is 11.3. The van der Waals surface area contributed by atoms with Gasteiger partial charge < -0.3 is 5.32 Å². The number of carbonyl (C=O) groups excluding carboxylic acids is 1. The number of carbonyl (C=O) groups is 1. The molecule has 2 nitrogen and oxygen atoms in total. The van der Waals surface area contributed by atoms with E-state index in [0.29, 0.717) is 18.3 Å². The molecule has 0 radical (unpaired) electrons. The Bertz CT molecular complexity index is 414. The van der Waals surface area contributed by atoms with Crippen LogP contribution in [0.1, 0.15) is 26.2 Å². The van der Waals surface area contributed by atoms with Crippen molar-refractivity contribution in [3.63, 3.8) is 0 Å². The number of amides is 1. The summed E-state index contributed by atoms with van der Waals surface area (Å²) >= 11 is 0. The lowest BCUT2D eigenvalue weighted by atomic mass is 9.72. The fourth-order valence-corrected chi connectivity index (χ4v) is 2.97. The number of piperidine rings is 1. The van der Waals surface area contributed by atoms with Crippen molar-refractivity contribution in [2.75, 3.05) is 0 Å². The van der Waals surface area contributed by atoms with Crippen LogP contribution in [-0.2, 0) is 4.79 Å². The van der Waals surface area contributed by atoms with Crippen LogP contribution in [0.3, 0.4) is 0 Å². The van der Waals surface area contributed by atoms with Crippen LogP contribution < -0.4 is 5.32 Å². The molecule has 0 saturated carbocycles. The number of hydrogen-bond donors (Lipinski definition) is 1. The second kappa shape index (κ2) is 3.09. The molecule has 15 heavy (non-hydrogen) atoms. The summed E-state index contributed by atoms with van der Waals surface area (Å²) in [6, 6.07) is 0. The maximum atomic E-state index is 11.3. The summed E-state index contributed by atoms with van der Waals surface area (Å²) < 4.78 is 0. The van der Waals surface area contributed by atoms with Crippen LogP contribution in [0, 0.1) is 11.8 Å². The highest BCUT2D eigenvalue weighted by Crippen LogP contribution is 2.41. The van der Waals surface area contributed by atoms with Crippen LogP contribution in [0.4, 0.5) is 0 Å². The number of allylic oxidation sites excluding steroid dienone is 6. The van der Waals surface area contributed by atoms with Crippen molar-refractivity contribution in [1.29, 1.82) is 0 Å². The highest BCUT2D eigenvalue weighted by Gasteiger charge is 2.33. The largest absolute Gasteiger partial charge is 0.329 e. The van der Waals surface area contributed by atoms with E-state index in [1.165, 1.54) is 11.1 Å². The van der Waals surface area contributed by atoms with Crippen LogP contribution in [0.25, 0.3) is 0 Å². The van der Waals surface area contributed by atoms with Gasteiger partial charge in [-0.2, -0.15) is 0 Å². The first kappa shape index (κ1) is 8.96. The number of nitrogens with one attached hydrogen (secondary N) is 1. The molecule has 3 aliphatic rings. The zero-order valence-corrected chi connectivity index (χ0v) is 8.92. The molecule has 2 unspecified atom stereocenters. The Morgan fingerprint density at radius 1 is 1.40 bits per heavy atom. The first-order chi connectivity index (χ1) is 7.22. The normalized spacial score (nSPS) is 33.4. The molecule has 78 valence electrons. The van der Waals surface area contributed by atoms with Crippen molar-refractivity contribution < 1.29 is 4.79 Å². The van der Waals surface area contributed by atoms with Gasteiger partial charge in [0.2, 0.25) is 5.91 Å². The van der Waals surface area contributed by atoms with Gasteiger partial charge in [-0.05, 0) is 37.3 Å². The molecule has 1 fully saturated rings. The predicted octanol–water partition coefficient (Wildman–Crippen LogP) is 2.30. The van der Waals surface area contributed by atoms with Gasteiger partial charge in [0.05, 0.1) is 0 Å². The molecule has 1 amide bonds. The Hall–Kier alpha value is -1.31. The maximum Gasteiger partial charge on any atom is 0.224 e. The second-order valence-electron chi connectivity index (χ2n) is 4.79. The fourth-order valence-electron chi connectivity index (χ4n) is 2.97. The molecule has 0 aromatic rings. The molecule has 2 heteroatoms. The van der Waals surface area contributed by atoms with Crippen LogP contribution >= 0.6 is 0 Å². The van der Waals surface area contributed by atoms with Gasteiger partial charge in [0.25, 0.3) is 0 Å². The summed E-state index contributed by atoms with van der Waals surface area (Å²) in [5.74, 6) is 1.35. The monoisotopic (exact) mass is 201 g/mol. The molecule has 1 N–H and O–H groups in total. The molecule has 2 aliphatic carbocycles. The summed E-state index contributed by atoms with van der Waals surface area (Å²) in [6.45, 7) is 2.16. The smallest absolute Gasteiger partial charge is 0.224 e. The minimum atomic E-state index is 0.179. The fraction of sp³-hybridized carbons (Fsp3) is 0.462. The Kier molecular flexibility index (Phi) is 1.84. The SMILES string of the molecule is CC1=CC2CC(=C1)C=C1NC(=O)CCC12. The molecule has 0 aromatic carbocycles. The molecular formula is C13H15NO. The molecule has 2 atom stereocenters. The topological polar surface area (TPSA) is 29.1 Å². The van der Waals surface area contributed by atoms with Gasteiger partial charge >= 0.3 is 0 Å². The van der Waals surface area contributed by atoms with Gasteiger partial charge in [-0.3, -0.25) is 4.79 Å². The zero-order valence-electron chi connectivity index (χ0n) is 8.92. The molecule has 0 aromatic heterocycles. The van der Waals surface area contributed by atoms with Crippen molar-refractivity contribution >= 4 is 5.91 Å². The summed E-state index contributed by atoms with van der Waals surface area (Å²) in [5, 5.41) is 3.01. The number of fused-ring (bicyclic) bond motifs is 4. The van der Waals surface area contributed by atoms with E-state index in [4.69, 9.17) is 0 Å². The first-order valence-corrected chi connectivity index (χ1v) is 5.63. The Balaban J connectivity index is 2.01. The Labute approximate surface area is 89.7 Å². The molecule has 1 aliphatic heterocycles. The van der Waals surface area contributed by atoms with E-state index in [1.807, 2.05) is 0 Å². The third kappa shape index (κ3) is 1.44. The van der Waals surface area contributed by atoms with E-state index >= 15 is 0 Å². The van der Waals surface area contributed by atoms with Crippen LogP contribution in [0.2, 0.25) is 0 Å². The first-order valence-electron chi connectivity index (χ1n) is 5.63. The van der Waals surface area contributed by atoms with Gasteiger partial charge in [-0.15, -0.1) is 0 Å². The molecular weight excluding hydrogens is 186 g/mol. The zero-order chi connectivity index (χ0) is 10.4. The van der Waals surface area contributed by atoms with Gasteiger partial charge in [-0.25, -0.2) is 0 Å². The van der Waals surface area contributed by atoms with Crippen molar-refractivity contribution in [3.8, 4) is 0 Å². The van der Waals surface area contributed by atoms with E-state index in [2.05, 4.69) is 30.5 Å². The van der Waals surface area contributed by atoms with E-state index in [0.717, 1.165) is 18.5 Å². The van der Waals surface area contributed by atoms with E-state index in [9.17, 15) is 4.79 Å². The standard InChI is InChI=1S/C13H15NO/c1-8-4-9-6-10(5-8)11-2-3-13(15)14-12(11)7-9/h4-5,7,10-11H,2-3,6H2,1H3,(H,14,15). The van der Waals surface area contributed by atoms with Crippen LogP contribution in [0.5, 0.6) is 0 Å². The van der Waals surface area contributed by atoms with E-state index < -0.39 is 0 Å². The van der Waals surface area contributed by atoms with Crippen LogP contribution in [0.15, 0.2) is 35.1 Å². The molecule has 0 spiro atoms. The summed E-state index contributed by atoms with van der Waals surface area (Å²) in [4.78, 5) is 11.3. The van der Waals surface area contributed by atoms with Crippen molar-refractivity contribution in [1.82, 2.24) is 5.32 Å². The van der Waals surface area contributed by atoms with Crippen molar-refractivity contribution in [2.24, 2.45) is 11.8 Å². The molecule has 2 bridgehead atoms. The highest BCUT2D eigenvalue weighted by atomic mass is 16.1. The number of rotatable bonds is 0.